The van der Waals surface area contributed by atoms with Gasteiger partial charge in [-0.15, -0.1) is 0 Å². The predicted octanol–water partition coefficient (Wildman–Crippen LogP) is 3.73. The lowest BCUT2D eigenvalue weighted by molar-refractivity contribution is 0.474. The lowest BCUT2D eigenvalue weighted by atomic mass is 10.1. The van der Waals surface area contributed by atoms with Crippen LogP contribution in [0, 0.1) is 18.6 Å². The number of phenolic OH excluding ortho intramolecular Hbond substituents is 1. The number of benzene rings is 2. The van der Waals surface area contributed by atoms with E-state index in [0.29, 0.717) is 5.56 Å². The summed E-state index contributed by atoms with van der Waals surface area (Å²) in [7, 11) is 0. The van der Waals surface area contributed by atoms with Gasteiger partial charge in [0.2, 0.25) is 0 Å². The number of aryl methyl sites for hydroxylation is 1. The van der Waals surface area contributed by atoms with Crippen LogP contribution in [0.2, 0.25) is 0 Å². The molecular weight excluding hydrogens is 236 g/mol. The summed E-state index contributed by atoms with van der Waals surface area (Å²) in [5.74, 6) is -1.12. The van der Waals surface area contributed by atoms with E-state index >= 15 is 0 Å². The van der Waals surface area contributed by atoms with E-state index in [0.717, 1.165) is 23.8 Å². The number of rotatable bonds is 2. The molecule has 2 aromatic rings. The van der Waals surface area contributed by atoms with Crippen LogP contribution in [0.3, 0.4) is 0 Å². The molecule has 4 heteroatoms. The Labute approximate surface area is 103 Å². The van der Waals surface area contributed by atoms with Gasteiger partial charge >= 0.3 is 0 Å². The normalized spacial score (nSPS) is 11.1. The highest BCUT2D eigenvalue weighted by Gasteiger charge is 2.04. The number of halogens is 2. The highest BCUT2D eigenvalue weighted by Crippen LogP contribution is 2.22. The third kappa shape index (κ3) is 2.53. The van der Waals surface area contributed by atoms with Gasteiger partial charge in [-0.3, -0.25) is 4.99 Å². The Hall–Kier alpha value is -2.23. The molecule has 0 saturated heterocycles. The van der Waals surface area contributed by atoms with Crippen molar-refractivity contribution < 1.29 is 13.9 Å². The summed E-state index contributed by atoms with van der Waals surface area (Å²) in [5.41, 5.74) is 1.19. The fourth-order valence-corrected chi connectivity index (χ4v) is 1.55. The summed E-state index contributed by atoms with van der Waals surface area (Å²) in [5, 5.41) is 9.63. The van der Waals surface area contributed by atoms with E-state index in [-0.39, 0.29) is 11.4 Å². The van der Waals surface area contributed by atoms with Crippen LogP contribution in [0.1, 0.15) is 11.1 Å². The highest BCUT2D eigenvalue weighted by atomic mass is 19.1. The maximum absolute atomic E-state index is 13.3. The molecule has 0 bridgehead atoms. The SMILES string of the molecule is Cc1cccc(O)c1/C=N/c1cc(F)ccc1F. The van der Waals surface area contributed by atoms with Gasteiger partial charge in [-0.05, 0) is 30.7 Å². The van der Waals surface area contributed by atoms with Gasteiger partial charge in [0.1, 0.15) is 23.1 Å². The molecule has 0 saturated carbocycles. The summed E-state index contributed by atoms with van der Waals surface area (Å²) < 4.78 is 26.3. The third-order valence-electron chi connectivity index (χ3n) is 2.54. The molecule has 0 aliphatic rings. The van der Waals surface area contributed by atoms with E-state index in [9.17, 15) is 13.9 Å². The first-order valence-corrected chi connectivity index (χ1v) is 5.35. The van der Waals surface area contributed by atoms with E-state index < -0.39 is 11.6 Å². The van der Waals surface area contributed by atoms with E-state index in [1.165, 1.54) is 12.3 Å². The zero-order chi connectivity index (χ0) is 13.1. The van der Waals surface area contributed by atoms with Gasteiger partial charge in [-0.25, -0.2) is 8.78 Å². The second kappa shape index (κ2) is 4.96. The van der Waals surface area contributed by atoms with Crippen molar-refractivity contribution >= 4 is 11.9 Å². The minimum absolute atomic E-state index is 0.0514. The lowest BCUT2D eigenvalue weighted by Gasteiger charge is -2.02. The quantitative estimate of drug-likeness (QED) is 0.806. The first-order chi connectivity index (χ1) is 8.58. The van der Waals surface area contributed by atoms with Gasteiger partial charge in [0.15, 0.2) is 0 Å². The minimum atomic E-state index is -0.610. The van der Waals surface area contributed by atoms with Crippen molar-refractivity contribution in [2.45, 2.75) is 6.92 Å². The molecule has 92 valence electrons. The maximum atomic E-state index is 13.3. The molecule has 0 spiro atoms. The van der Waals surface area contributed by atoms with Crippen LogP contribution in [0.25, 0.3) is 0 Å². The predicted molar refractivity (Wildman–Crippen MR) is 66.5 cm³/mol. The smallest absolute Gasteiger partial charge is 0.149 e. The highest BCUT2D eigenvalue weighted by molar-refractivity contribution is 5.87. The number of phenols is 1. The van der Waals surface area contributed by atoms with Gasteiger partial charge in [0.25, 0.3) is 0 Å². The summed E-state index contributed by atoms with van der Waals surface area (Å²) in [6.07, 6.45) is 1.32. The van der Waals surface area contributed by atoms with Crippen LogP contribution in [-0.2, 0) is 0 Å². The largest absolute Gasteiger partial charge is 0.507 e. The molecule has 2 rings (SSSR count). The number of aromatic hydroxyl groups is 1. The second-order valence-corrected chi connectivity index (χ2v) is 3.86. The van der Waals surface area contributed by atoms with Crippen LogP contribution in [-0.4, -0.2) is 11.3 Å². The Kier molecular flexibility index (Phi) is 3.37. The standard InChI is InChI=1S/C14H11F2NO/c1-9-3-2-4-14(18)11(9)8-17-13-7-10(15)5-6-12(13)16/h2-8,18H,1H3/b17-8+. The Morgan fingerprint density at radius 3 is 2.67 bits per heavy atom. The zero-order valence-electron chi connectivity index (χ0n) is 9.69. The number of hydrogen-bond donors (Lipinski definition) is 1. The van der Waals surface area contributed by atoms with Crippen LogP contribution >= 0.6 is 0 Å². The van der Waals surface area contributed by atoms with E-state index in [2.05, 4.69) is 4.99 Å². The summed E-state index contributed by atoms with van der Waals surface area (Å²) >= 11 is 0. The van der Waals surface area contributed by atoms with E-state index in [1.807, 2.05) is 0 Å². The summed E-state index contributed by atoms with van der Waals surface area (Å²) in [4.78, 5) is 3.86. The molecular formula is C14H11F2NO. The van der Waals surface area contributed by atoms with Crippen molar-refractivity contribution in [2.75, 3.05) is 0 Å². The van der Waals surface area contributed by atoms with Gasteiger partial charge in [0.05, 0.1) is 0 Å². The molecule has 0 atom stereocenters. The Morgan fingerprint density at radius 1 is 1.17 bits per heavy atom. The molecule has 18 heavy (non-hydrogen) atoms. The molecule has 0 fully saturated rings. The van der Waals surface area contributed by atoms with Gasteiger partial charge in [0, 0.05) is 17.8 Å². The van der Waals surface area contributed by atoms with Crippen molar-refractivity contribution in [1.29, 1.82) is 0 Å². The van der Waals surface area contributed by atoms with Crippen LogP contribution in [0.4, 0.5) is 14.5 Å². The van der Waals surface area contributed by atoms with Crippen LogP contribution < -0.4 is 0 Å². The van der Waals surface area contributed by atoms with E-state index in [4.69, 9.17) is 0 Å². The average molecular weight is 247 g/mol. The molecule has 0 radical (unpaired) electrons. The third-order valence-corrected chi connectivity index (χ3v) is 2.54. The van der Waals surface area contributed by atoms with Crippen molar-refractivity contribution in [3.63, 3.8) is 0 Å². The summed E-state index contributed by atoms with van der Waals surface area (Å²) in [6.45, 7) is 1.79. The van der Waals surface area contributed by atoms with Crippen LogP contribution in [0.5, 0.6) is 5.75 Å². The van der Waals surface area contributed by atoms with Crippen molar-refractivity contribution in [3.05, 3.63) is 59.2 Å². The number of aliphatic imine (C=N–C) groups is 1. The Bertz CT molecular complexity index is 588. The first-order valence-electron chi connectivity index (χ1n) is 5.35. The summed E-state index contributed by atoms with van der Waals surface area (Å²) in [6, 6.07) is 8.05. The molecule has 2 aromatic carbocycles. The van der Waals surface area contributed by atoms with Gasteiger partial charge in [-0.2, -0.15) is 0 Å². The Morgan fingerprint density at radius 2 is 1.94 bits per heavy atom. The Balaban J connectivity index is 2.39. The molecule has 1 N–H and O–H groups in total. The average Bonchev–Trinajstić information content (AvgIpc) is 2.33. The van der Waals surface area contributed by atoms with Crippen LogP contribution in [0.15, 0.2) is 41.4 Å². The molecule has 0 heterocycles. The van der Waals surface area contributed by atoms with Crippen molar-refractivity contribution in [1.82, 2.24) is 0 Å². The fraction of sp³-hybridized carbons (Fsp3) is 0.0714. The van der Waals surface area contributed by atoms with Gasteiger partial charge < -0.3 is 5.11 Å². The fourth-order valence-electron chi connectivity index (χ4n) is 1.55. The minimum Gasteiger partial charge on any atom is -0.507 e. The molecule has 2 nitrogen and oxygen atoms in total. The first kappa shape index (κ1) is 12.2. The topological polar surface area (TPSA) is 32.6 Å². The molecule has 0 aromatic heterocycles. The molecule has 0 amide bonds. The second-order valence-electron chi connectivity index (χ2n) is 3.86. The number of nitrogens with zero attached hydrogens (tertiary/aromatic N) is 1. The monoisotopic (exact) mass is 247 g/mol. The number of hydrogen-bond acceptors (Lipinski definition) is 2. The van der Waals surface area contributed by atoms with Crippen molar-refractivity contribution in [2.24, 2.45) is 4.99 Å². The van der Waals surface area contributed by atoms with Crippen molar-refractivity contribution in [3.8, 4) is 5.75 Å². The lowest BCUT2D eigenvalue weighted by Crippen LogP contribution is -1.88. The molecule has 0 aliphatic carbocycles. The van der Waals surface area contributed by atoms with E-state index in [1.54, 1.807) is 19.1 Å². The maximum Gasteiger partial charge on any atom is 0.149 e. The molecule has 0 unspecified atom stereocenters. The zero-order valence-corrected chi connectivity index (χ0v) is 9.69. The van der Waals surface area contributed by atoms with Gasteiger partial charge in [-0.1, -0.05) is 12.1 Å². The molecule has 0 aliphatic heterocycles.